The molecule has 0 aliphatic heterocycles. The van der Waals surface area contributed by atoms with Gasteiger partial charge in [0, 0.05) is 26.3 Å². The quantitative estimate of drug-likeness (QED) is 0.573. The molecule has 0 radical (unpaired) electrons. The molecule has 7 nitrogen and oxygen atoms in total. The lowest BCUT2D eigenvalue weighted by atomic mass is 10.4. The van der Waals surface area contributed by atoms with Crippen LogP contribution in [0.2, 0.25) is 0 Å². The van der Waals surface area contributed by atoms with E-state index in [0.717, 1.165) is 45.6 Å². The molecule has 0 saturated carbocycles. The van der Waals surface area contributed by atoms with Gasteiger partial charge in [-0.1, -0.05) is 13.8 Å². The van der Waals surface area contributed by atoms with Crippen LogP contribution in [0.5, 0.6) is 6.01 Å². The van der Waals surface area contributed by atoms with Gasteiger partial charge in [0.25, 0.3) is 0 Å². The lowest BCUT2D eigenvalue weighted by Gasteiger charge is -2.09. The van der Waals surface area contributed by atoms with Crippen LogP contribution in [0.15, 0.2) is 0 Å². The third kappa shape index (κ3) is 7.65. The number of anilines is 2. The third-order valence-electron chi connectivity index (χ3n) is 2.52. The summed E-state index contributed by atoms with van der Waals surface area (Å²) in [5.41, 5.74) is 0. The topological polar surface area (TPSA) is 81.2 Å². The van der Waals surface area contributed by atoms with E-state index in [-0.39, 0.29) is 0 Å². The lowest BCUT2D eigenvalue weighted by molar-refractivity contribution is 0.134. The molecule has 0 fully saturated rings. The Kier molecular flexibility index (Phi) is 9.19. The summed E-state index contributed by atoms with van der Waals surface area (Å²) in [4.78, 5) is 12.8. The van der Waals surface area contributed by atoms with Gasteiger partial charge in [-0.2, -0.15) is 15.0 Å². The summed E-state index contributed by atoms with van der Waals surface area (Å²) in [5.74, 6) is 1.07. The highest BCUT2D eigenvalue weighted by atomic mass is 16.5. The standard InChI is InChI=1S/C14H27N5O2/c1-4-8-15-12-17-13(19-14(18-12)21-6-3)16-9-7-11-20-10-5-2/h4-11H2,1-3H3,(H2,15,16,17,18,19). The van der Waals surface area contributed by atoms with E-state index in [1.54, 1.807) is 0 Å². The Bertz CT molecular complexity index is 390. The summed E-state index contributed by atoms with van der Waals surface area (Å²) < 4.78 is 10.8. The maximum Gasteiger partial charge on any atom is 0.323 e. The van der Waals surface area contributed by atoms with Crippen LogP contribution in [-0.4, -0.2) is 47.9 Å². The van der Waals surface area contributed by atoms with Crippen LogP contribution in [0.1, 0.15) is 40.0 Å². The highest BCUT2D eigenvalue weighted by molar-refractivity contribution is 5.35. The van der Waals surface area contributed by atoms with Gasteiger partial charge < -0.3 is 20.1 Å². The van der Waals surface area contributed by atoms with Crippen LogP contribution in [-0.2, 0) is 4.74 Å². The molecule has 0 bridgehead atoms. The maximum atomic E-state index is 5.43. The zero-order valence-corrected chi connectivity index (χ0v) is 13.3. The Hall–Kier alpha value is -1.63. The number of ether oxygens (including phenoxy) is 2. The van der Waals surface area contributed by atoms with Crippen molar-refractivity contribution in [1.82, 2.24) is 15.0 Å². The molecule has 2 N–H and O–H groups in total. The van der Waals surface area contributed by atoms with Crippen molar-refractivity contribution in [1.29, 1.82) is 0 Å². The van der Waals surface area contributed by atoms with Crippen molar-refractivity contribution in [3.05, 3.63) is 0 Å². The fraction of sp³-hybridized carbons (Fsp3) is 0.786. The van der Waals surface area contributed by atoms with Crippen molar-refractivity contribution in [3.63, 3.8) is 0 Å². The van der Waals surface area contributed by atoms with E-state index in [0.29, 0.717) is 24.5 Å². The number of aromatic nitrogens is 3. The SMILES string of the molecule is CCCNc1nc(NCCCOCCC)nc(OCC)n1. The van der Waals surface area contributed by atoms with Gasteiger partial charge in [0.05, 0.1) is 6.61 Å². The summed E-state index contributed by atoms with van der Waals surface area (Å²) >= 11 is 0. The van der Waals surface area contributed by atoms with E-state index in [1.807, 2.05) is 6.92 Å². The minimum atomic E-state index is 0.343. The smallest absolute Gasteiger partial charge is 0.323 e. The normalized spacial score (nSPS) is 10.4. The molecule has 0 aromatic carbocycles. The first-order valence-electron chi connectivity index (χ1n) is 7.74. The van der Waals surface area contributed by atoms with Crippen molar-refractivity contribution in [2.45, 2.75) is 40.0 Å². The highest BCUT2D eigenvalue weighted by Gasteiger charge is 2.06. The zero-order valence-electron chi connectivity index (χ0n) is 13.3. The van der Waals surface area contributed by atoms with Crippen LogP contribution in [0.3, 0.4) is 0 Å². The average molecular weight is 297 g/mol. The minimum Gasteiger partial charge on any atom is -0.464 e. The largest absolute Gasteiger partial charge is 0.464 e. The Labute approximate surface area is 126 Å². The number of hydrogen-bond acceptors (Lipinski definition) is 7. The molecule has 0 amide bonds. The average Bonchev–Trinajstić information content (AvgIpc) is 2.49. The minimum absolute atomic E-state index is 0.343. The van der Waals surface area contributed by atoms with Crippen LogP contribution in [0, 0.1) is 0 Å². The first-order chi connectivity index (χ1) is 10.3. The monoisotopic (exact) mass is 297 g/mol. The first kappa shape index (κ1) is 17.4. The fourth-order valence-electron chi connectivity index (χ4n) is 1.57. The van der Waals surface area contributed by atoms with Crippen molar-refractivity contribution < 1.29 is 9.47 Å². The Morgan fingerprint density at radius 3 is 2.19 bits per heavy atom. The van der Waals surface area contributed by atoms with Gasteiger partial charge in [0.1, 0.15) is 0 Å². The molecule has 0 aliphatic rings. The van der Waals surface area contributed by atoms with Crippen LogP contribution in [0.25, 0.3) is 0 Å². The van der Waals surface area contributed by atoms with Gasteiger partial charge in [-0.25, -0.2) is 0 Å². The summed E-state index contributed by atoms with van der Waals surface area (Å²) in [7, 11) is 0. The van der Waals surface area contributed by atoms with E-state index in [2.05, 4.69) is 39.4 Å². The number of hydrogen-bond donors (Lipinski definition) is 2. The maximum absolute atomic E-state index is 5.43. The molecule has 1 aromatic rings. The Morgan fingerprint density at radius 1 is 0.857 bits per heavy atom. The van der Waals surface area contributed by atoms with Crippen LogP contribution < -0.4 is 15.4 Å². The zero-order chi connectivity index (χ0) is 15.3. The summed E-state index contributed by atoms with van der Waals surface area (Å²) in [6.45, 7) is 9.75. The Morgan fingerprint density at radius 2 is 1.57 bits per heavy atom. The van der Waals surface area contributed by atoms with E-state index in [1.165, 1.54) is 0 Å². The summed E-state index contributed by atoms with van der Waals surface area (Å²) in [5, 5.41) is 6.32. The third-order valence-corrected chi connectivity index (χ3v) is 2.52. The second-order valence-corrected chi connectivity index (χ2v) is 4.52. The summed E-state index contributed by atoms with van der Waals surface area (Å²) in [6.07, 6.45) is 2.96. The van der Waals surface area contributed by atoms with E-state index < -0.39 is 0 Å². The Balaban J connectivity index is 2.48. The van der Waals surface area contributed by atoms with Crippen molar-refractivity contribution in [2.24, 2.45) is 0 Å². The lowest BCUT2D eigenvalue weighted by Crippen LogP contribution is -2.13. The molecule has 1 rings (SSSR count). The first-order valence-corrected chi connectivity index (χ1v) is 7.74. The van der Waals surface area contributed by atoms with E-state index >= 15 is 0 Å². The van der Waals surface area contributed by atoms with E-state index in [4.69, 9.17) is 9.47 Å². The summed E-state index contributed by atoms with van der Waals surface area (Å²) in [6, 6.07) is 0.343. The molecular weight excluding hydrogens is 270 g/mol. The molecule has 120 valence electrons. The van der Waals surface area contributed by atoms with Crippen LogP contribution in [0.4, 0.5) is 11.9 Å². The molecule has 1 heterocycles. The second kappa shape index (κ2) is 11.1. The molecule has 21 heavy (non-hydrogen) atoms. The van der Waals surface area contributed by atoms with Gasteiger partial charge in [0.2, 0.25) is 11.9 Å². The highest BCUT2D eigenvalue weighted by Crippen LogP contribution is 2.11. The molecule has 0 atom stereocenters. The predicted octanol–water partition coefficient (Wildman–Crippen LogP) is 2.32. The number of nitrogens with one attached hydrogen (secondary N) is 2. The molecule has 7 heteroatoms. The molecule has 0 aliphatic carbocycles. The number of nitrogens with zero attached hydrogens (tertiary/aromatic N) is 3. The van der Waals surface area contributed by atoms with Gasteiger partial charge in [-0.15, -0.1) is 0 Å². The molecular formula is C14H27N5O2. The van der Waals surface area contributed by atoms with Gasteiger partial charge in [-0.3, -0.25) is 0 Å². The van der Waals surface area contributed by atoms with Crippen molar-refractivity contribution >= 4 is 11.9 Å². The van der Waals surface area contributed by atoms with Gasteiger partial charge >= 0.3 is 6.01 Å². The van der Waals surface area contributed by atoms with Gasteiger partial charge in [-0.05, 0) is 26.2 Å². The van der Waals surface area contributed by atoms with Crippen molar-refractivity contribution in [2.75, 3.05) is 43.5 Å². The second-order valence-electron chi connectivity index (χ2n) is 4.52. The molecule has 0 saturated heterocycles. The molecule has 0 spiro atoms. The predicted molar refractivity (Wildman–Crippen MR) is 84.0 cm³/mol. The molecule has 1 aromatic heterocycles. The number of rotatable bonds is 12. The molecule has 0 unspecified atom stereocenters. The fourth-order valence-corrected chi connectivity index (χ4v) is 1.57. The van der Waals surface area contributed by atoms with Crippen LogP contribution >= 0.6 is 0 Å². The van der Waals surface area contributed by atoms with Gasteiger partial charge in [0.15, 0.2) is 0 Å². The van der Waals surface area contributed by atoms with Crippen molar-refractivity contribution in [3.8, 4) is 6.01 Å². The van der Waals surface area contributed by atoms with E-state index in [9.17, 15) is 0 Å².